The fourth-order valence-electron chi connectivity index (χ4n) is 14.2. The molecule has 13 nitrogen and oxygen atoms in total. The smallest absolute Gasteiger partial charge is 0.188 e. The maximum Gasteiger partial charge on any atom is 0.188 e. The van der Waals surface area contributed by atoms with Crippen LogP contribution in [0.1, 0.15) is 168 Å². The zero-order chi connectivity index (χ0) is 50.8. The minimum atomic E-state index is -0.938. The Hall–Kier alpha value is -2.89. The Morgan fingerprint density at radius 3 is 2.57 bits per heavy atom. The number of guanidine groups is 1. The molecule has 1 spiro atoms. The van der Waals surface area contributed by atoms with Gasteiger partial charge in [-0.1, -0.05) is 66.7 Å². The molecule has 8 rings (SSSR count). The lowest BCUT2D eigenvalue weighted by molar-refractivity contribution is 0.0987. The van der Waals surface area contributed by atoms with Crippen LogP contribution in [0.4, 0.5) is 0 Å². The number of fused-ring (bicyclic) bond motifs is 5. The van der Waals surface area contributed by atoms with Crippen LogP contribution >= 0.6 is 21.6 Å². The third-order valence-corrected chi connectivity index (χ3v) is 20.7. The van der Waals surface area contributed by atoms with E-state index in [0.717, 1.165) is 91.2 Å². The second-order valence-electron chi connectivity index (χ2n) is 23.0. The number of benzene rings is 1. The van der Waals surface area contributed by atoms with Gasteiger partial charge in [0.05, 0.1) is 12.7 Å². The summed E-state index contributed by atoms with van der Waals surface area (Å²) in [6, 6.07) is 10.2. The molecule has 1 aromatic carbocycles. The number of aliphatic hydroxyl groups is 4. The van der Waals surface area contributed by atoms with E-state index in [1.165, 1.54) is 69.0 Å². The fourth-order valence-corrected chi connectivity index (χ4v) is 17.1. The molecule has 3 heterocycles. The lowest BCUT2D eigenvalue weighted by Crippen LogP contribution is -2.45. The molecule has 0 radical (unpaired) electrons. The first kappa shape index (κ1) is 55.3. The number of nitrogens with two attached hydrogens (primary N) is 2. The van der Waals surface area contributed by atoms with E-state index in [9.17, 15) is 25.5 Å². The van der Waals surface area contributed by atoms with Gasteiger partial charge in [-0.3, -0.25) is 4.99 Å². The average molecular weight is 1040 g/mol. The number of aromatic amines is 1. The van der Waals surface area contributed by atoms with E-state index in [0.29, 0.717) is 79.1 Å². The average Bonchev–Trinajstić information content (AvgIpc) is 4.21. The summed E-state index contributed by atoms with van der Waals surface area (Å²) < 4.78 is 12.6. The summed E-state index contributed by atoms with van der Waals surface area (Å²) in [5.41, 5.74) is 18.3. The van der Waals surface area contributed by atoms with Crippen LogP contribution in [-0.2, 0) is 32.3 Å². The number of nitrogens with one attached hydrogen (secondary N) is 3. The number of rotatable bonds is 21. The van der Waals surface area contributed by atoms with Crippen LogP contribution in [0.2, 0.25) is 0 Å². The van der Waals surface area contributed by atoms with Gasteiger partial charge in [0.1, 0.15) is 24.2 Å². The molecule has 15 heteroatoms. The topological polar surface area (TPSA) is 228 Å². The summed E-state index contributed by atoms with van der Waals surface area (Å²) in [4.78, 5) is 7.89. The Kier molecular flexibility index (Phi) is 20.2. The van der Waals surface area contributed by atoms with Crippen molar-refractivity contribution in [1.82, 2.24) is 15.6 Å². The van der Waals surface area contributed by atoms with E-state index in [-0.39, 0.29) is 49.0 Å². The molecule has 12 unspecified atom stereocenters. The molecule has 0 amide bonds. The molecule has 1 aliphatic heterocycles. The van der Waals surface area contributed by atoms with Gasteiger partial charge in [-0.15, -0.1) is 0 Å². The Morgan fingerprint density at radius 2 is 1.79 bits per heavy atom. The molecule has 3 saturated carbocycles. The van der Waals surface area contributed by atoms with E-state index in [1.807, 2.05) is 46.7 Å². The van der Waals surface area contributed by atoms with Gasteiger partial charge in [-0.05, 0) is 167 Å². The molecule has 3 aromatic rings. The van der Waals surface area contributed by atoms with Gasteiger partial charge in [0.2, 0.25) is 0 Å². The third-order valence-electron chi connectivity index (χ3n) is 18.1. The standard InChI is InChI=1S/C57H90N6O7S2/c1-35-15-18-39-25-41(33-71-72-34-50(35)63-56(59)60-3)46(58)27-38(39)10-4-5-14-53-40(31-65)26-42(70-53)19-16-37-17-20-51(67)54(24-37)69-32-52(68)48-28-44-49(62-48)29-57(21-6-7-22-57)45-12-8-11-43(45)55(44)47(13-9-23-64)61-30-36(2)66/h17,20,24,26,28,35-36,38-39,41,43,45-47,50,52,55,61-62,64-68H,4-16,18-19,21-23,25,27,29-34,58H2,1-3H3,(H3,59,60,63). The summed E-state index contributed by atoms with van der Waals surface area (Å²) in [5, 5.41) is 60.5. The van der Waals surface area contributed by atoms with Crippen molar-refractivity contribution in [2.75, 3.05) is 38.3 Å². The van der Waals surface area contributed by atoms with Gasteiger partial charge in [0, 0.05) is 85.5 Å². The van der Waals surface area contributed by atoms with Crippen molar-refractivity contribution in [2.45, 2.75) is 185 Å². The lowest BCUT2D eigenvalue weighted by atomic mass is 9.65. The zero-order valence-electron chi connectivity index (χ0n) is 43.7. The number of furan rings is 1. The first-order valence-electron chi connectivity index (χ1n) is 27.9. The summed E-state index contributed by atoms with van der Waals surface area (Å²) in [7, 11) is 5.64. The highest BCUT2D eigenvalue weighted by molar-refractivity contribution is 8.76. The summed E-state index contributed by atoms with van der Waals surface area (Å²) >= 11 is 0. The van der Waals surface area contributed by atoms with Gasteiger partial charge >= 0.3 is 0 Å². The molecule has 2 aromatic heterocycles. The van der Waals surface area contributed by atoms with Crippen molar-refractivity contribution < 1.29 is 34.7 Å². The van der Waals surface area contributed by atoms with E-state index >= 15 is 0 Å². The third kappa shape index (κ3) is 13.7. The Bertz CT molecular complexity index is 2180. The van der Waals surface area contributed by atoms with Crippen molar-refractivity contribution >= 4 is 27.5 Å². The molecule has 1 saturated heterocycles. The normalized spacial score (nSPS) is 28.9. The van der Waals surface area contributed by atoms with Crippen LogP contribution in [0.25, 0.3) is 0 Å². The Morgan fingerprint density at radius 1 is 0.972 bits per heavy atom. The quantitative estimate of drug-likeness (QED) is 0.0209. The molecule has 4 fully saturated rings. The van der Waals surface area contributed by atoms with Gasteiger partial charge < -0.3 is 61.8 Å². The van der Waals surface area contributed by atoms with Gasteiger partial charge in [0.25, 0.3) is 0 Å². The van der Waals surface area contributed by atoms with Crippen molar-refractivity contribution in [3.63, 3.8) is 0 Å². The molecule has 402 valence electrons. The molecular formula is C57H90N6O7S2. The number of aryl methyl sites for hydroxylation is 3. The lowest BCUT2D eigenvalue weighted by Gasteiger charge is -2.41. The number of H-pyrrole nitrogens is 1. The number of aromatic hydroxyl groups is 1. The number of unbranched alkanes of at least 4 members (excludes halogenated alkanes) is 1. The molecule has 5 aliphatic rings. The van der Waals surface area contributed by atoms with E-state index in [4.69, 9.17) is 20.6 Å². The van der Waals surface area contributed by atoms with Crippen LogP contribution in [0, 0.1) is 40.9 Å². The van der Waals surface area contributed by atoms with Gasteiger partial charge in [-0.2, -0.15) is 0 Å². The minimum absolute atomic E-state index is 0.0236. The highest BCUT2D eigenvalue weighted by Crippen LogP contribution is 2.61. The molecule has 4 aliphatic carbocycles. The largest absolute Gasteiger partial charge is 0.504 e. The Labute approximate surface area is 438 Å². The van der Waals surface area contributed by atoms with Crippen LogP contribution < -0.4 is 26.8 Å². The highest BCUT2D eigenvalue weighted by atomic mass is 33.1. The van der Waals surface area contributed by atoms with E-state index in [2.05, 4.69) is 33.6 Å². The first-order chi connectivity index (χ1) is 34.9. The summed E-state index contributed by atoms with van der Waals surface area (Å²) in [6.07, 6.45) is 19.8. The number of aromatic nitrogens is 1. The minimum Gasteiger partial charge on any atom is -0.504 e. The van der Waals surface area contributed by atoms with Crippen molar-refractivity contribution in [3.8, 4) is 11.5 Å². The number of phenolic OH excluding ortho intramolecular Hbond substituents is 1. The molecule has 12 N–H and O–H groups in total. The second-order valence-corrected chi connectivity index (χ2v) is 25.5. The van der Waals surface area contributed by atoms with E-state index < -0.39 is 12.2 Å². The number of aliphatic imine (C=N–C) groups is 1. The predicted molar refractivity (Wildman–Crippen MR) is 292 cm³/mol. The fraction of sp³-hybridized carbons (Fsp3) is 0.737. The van der Waals surface area contributed by atoms with Crippen molar-refractivity contribution in [1.29, 1.82) is 0 Å². The Balaban J connectivity index is 0.863. The predicted octanol–water partition coefficient (Wildman–Crippen LogP) is 8.83. The number of nitrogens with zero attached hydrogens (tertiary/aromatic N) is 1. The number of phenols is 1. The maximum absolute atomic E-state index is 11.8. The van der Waals surface area contributed by atoms with Crippen LogP contribution in [0.15, 0.2) is 39.7 Å². The van der Waals surface area contributed by atoms with E-state index in [1.54, 1.807) is 13.1 Å². The van der Waals surface area contributed by atoms with Crippen molar-refractivity contribution in [3.05, 3.63) is 69.9 Å². The van der Waals surface area contributed by atoms with Gasteiger partial charge in [-0.25, -0.2) is 0 Å². The second kappa shape index (κ2) is 26.2. The number of aliphatic hydroxyl groups excluding tert-OH is 4. The summed E-state index contributed by atoms with van der Waals surface area (Å²) in [6.45, 7) is 4.71. The van der Waals surface area contributed by atoms with Crippen LogP contribution in [0.5, 0.6) is 11.5 Å². The highest BCUT2D eigenvalue weighted by Gasteiger charge is 2.53. The molecule has 12 atom stereocenters. The van der Waals surface area contributed by atoms with Crippen LogP contribution in [0.3, 0.4) is 0 Å². The SMILES string of the molecule is CN=C(N)NC1CSSCC2CC(CCC1C)C(CCCCc1oc(CCc3ccc(O)c(OCC(O)c4cc5c([nH]4)CC4(CCCC4)C4CCCC4C5C(CCCO)NCC(C)O)c3)cc1CO)CC2N. The number of hydrogen-bond donors (Lipinski definition) is 10. The monoisotopic (exact) mass is 1030 g/mol. The molecule has 2 bridgehead atoms. The molecular weight excluding hydrogens is 945 g/mol. The summed E-state index contributed by atoms with van der Waals surface area (Å²) in [5.74, 6) is 8.39. The maximum atomic E-state index is 11.8. The zero-order valence-corrected chi connectivity index (χ0v) is 45.3. The van der Waals surface area contributed by atoms with Crippen LogP contribution in [-0.4, -0.2) is 99.0 Å². The number of ether oxygens (including phenoxy) is 1. The number of hydrogen-bond acceptors (Lipinski definition) is 12. The van der Waals surface area contributed by atoms with Crippen molar-refractivity contribution in [2.24, 2.45) is 57.4 Å². The molecule has 72 heavy (non-hydrogen) atoms. The first-order valence-corrected chi connectivity index (χ1v) is 30.4. The van der Waals surface area contributed by atoms with Gasteiger partial charge in [0.15, 0.2) is 17.5 Å².